The molecule has 0 N–H and O–H groups in total. The highest BCUT2D eigenvalue weighted by atomic mass is 35.5. The van der Waals surface area contributed by atoms with Gasteiger partial charge in [-0.3, -0.25) is 9.59 Å². The summed E-state index contributed by atoms with van der Waals surface area (Å²) in [4.78, 5) is 35.8. The first-order valence-electron chi connectivity index (χ1n) is 11.9. The molecule has 2 fully saturated rings. The van der Waals surface area contributed by atoms with Crippen molar-refractivity contribution in [2.75, 3.05) is 57.4 Å². The molecule has 1 aromatic carbocycles. The van der Waals surface area contributed by atoms with Gasteiger partial charge in [-0.1, -0.05) is 11.6 Å². The van der Waals surface area contributed by atoms with Crippen molar-refractivity contribution >= 4 is 29.2 Å². The predicted octanol–water partition coefficient (Wildman–Crippen LogP) is 3.49. The number of rotatable bonds is 7. The van der Waals surface area contributed by atoms with E-state index in [0.717, 1.165) is 31.7 Å². The highest BCUT2D eigenvalue weighted by molar-refractivity contribution is 6.30. The van der Waals surface area contributed by atoms with Gasteiger partial charge in [-0.15, -0.1) is 0 Å². The molecular formula is C25H31ClN4O4. The zero-order valence-electron chi connectivity index (χ0n) is 19.5. The Morgan fingerprint density at radius 3 is 2.35 bits per heavy atom. The zero-order chi connectivity index (χ0) is 23.9. The van der Waals surface area contributed by atoms with Gasteiger partial charge in [0, 0.05) is 51.0 Å². The Labute approximate surface area is 205 Å². The Morgan fingerprint density at radius 2 is 1.68 bits per heavy atom. The molecule has 0 aliphatic carbocycles. The minimum Gasteiger partial charge on any atom is -0.490 e. The van der Waals surface area contributed by atoms with Crippen molar-refractivity contribution in [3.63, 3.8) is 0 Å². The first-order valence-corrected chi connectivity index (χ1v) is 12.3. The van der Waals surface area contributed by atoms with E-state index in [1.807, 2.05) is 28.9 Å². The smallest absolute Gasteiger partial charge is 0.260 e. The lowest BCUT2D eigenvalue weighted by Crippen LogP contribution is -2.49. The van der Waals surface area contributed by atoms with Gasteiger partial charge in [-0.05, 0) is 56.5 Å². The number of aromatic nitrogens is 1. The quantitative estimate of drug-likeness (QED) is 0.596. The van der Waals surface area contributed by atoms with Crippen LogP contribution in [0.15, 0.2) is 36.5 Å². The lowest BCUT2D eigenvalue weighted by molar-refractivity contribution is -0.134. The summed E-state index contributed by atoms with van der Waals surface area (Å²) in [6, 6.07) is 8.87. The number of carbonyl (C=O) groups is 2. The van der Waals surface area contributed by atoms with Gasteiger partial charge >= 0.3 is 0 Å². The highest BCUT2D eigenvalue weighted by Crippen LogP contribution is 2.29. The fraction of sp³-hybridized carbons (Fsp3) is 0.480. The van der Waals surface area contributed by atoms with Gasteiger partial charge < -0.3 is 24.2 Å². The monoisotopic (exact) mass is 486 g/mol. The normalized spacial score (nSPS) is 16.4. The van der Waals surface area contributed by atoms with Crippen molar-refractivity contribution in [2.24, 2.45) is 0 Å². The molecule has 0 radical (unpaired) electrons. The molecule has 3 heterocycles. The molecule has 4 rings (SSSR count). The average Bonchev–Trinajstić information content (AvgIpc) is 2.88. The molecule has 0 bridgehead atoms. The summed E-state index contributed by atoms with van der Waals surface area (Å²) in [5.74, 6) is 1.73. The Morgan fingerprint density at radius 1 is 0.912 bits per heavy atom. The molecule has 0 spiro atoms. The number of piperidine rings is 1. The van der Waals surface area contributed by atoms with Gasteiger partial charge in [0.1, 0.15) is 5.82 Å². The molecule has 34 heavy (non-hydrogen) atoms. The summed E-state index contributed by atoms with van der Waals surface area (Å²) in [5, 5.41) is 0.603. The number of ether oxygens (including phenoxy) is 2. The number of anilines is 1. The molecule has 2 aliphatic heterocycles. The number of hydrogen-bond donors (Lipinski definition) is 0. The molecule has 8 nitrogen and oxygen atoms in total. The van der Waals surface area contributed by atoms with E-state index in [0.29, 0.717) is 54.9 Å². The largest absolute Gasteiger partial charge is 0.490 e. The SMILES string of the molecule is CCOc1cc(C(=O)N2CCN(c3ccc(Cl)cn3)CC2)ccc1OCC(=O)N1CCCCC1. The van der Waals surface area contributed by atoms with Gasteiger partial charge in [-0.2, -0.15) is 0 Å². The van der Waals surface area contributed by atoms with Crippen LogP contribution in [0.1, 0.15) is 36.5 Å². The molecule has 1 aromatic heterocycles. The molecule has 2 aromatic rings. The predicted molar refractivity (Wildman–Crippen MR) is 131 cm³/mol. The fourth-order valence-corrected chi connectivity index (χ4v) is 4.39. The maximum Gasteiger partial charge on any atom is 0.260 e. The zero-order valence-corrected chi connectivity index (χ0v) is 20.3. The van der Waals surface area contributed by atoms with Crippen molar-refractivity contribution in [3.8, 4) is 11.5 Å². The van der Waals surface area contributed by atoms with Crippen molar-refractivity contribution in [1.82, 2.24) is 14.8 Å². The van der Waals surface area contributed by atoms with Crippen LogP contribution in [-0.4, -0.2) is 79.1 Å². The minimum absolute atomic E-state index is 0.0182. The van der Waals surface area contributed by atoms with Crippen molar-refractivity contribution in [1.29, 1.82) is 0 Å². The van der Waals surface area contributed by atoms with Gasteiger partial charge in [-0.25, -0.2) is 4.98 Å². The number of nitrogens with zero attached hydrogens (tertiary/aromatic N) is 4. The maximum atomic E-state index is 13.1. The average molecular weight is 487 g/mol. The van der Waals surface area contributed by atoms with Crippen LogP contribution in [0.4, 0.5) is 5.82 Å². The molecule has 0 saturated carbocycles. The molecular weight excluding hydrogens is 456 g/mol. The number of benzene rings is 1. The van der Waals surface area contributed by atoms with E-state index < -0.39 is 0 Å². The van der Waals surface area contributed by atoms with Gasteiger partial charge in [0.2, 0.25) is 0 Å². The Kier molecular flexibility index (Phi) is 8.11. The Balaban J connectivity index is 1.36. The van der Waals surface area contributed by atoms with E-state index in [9.17, 15) is 9.59 Å². The number of carbonyl (C=O) groups excluding carboxylic acids is 2. The van der Waals surface area contributed by atoms with Crippen LogP contribution in [0.2, 0.25) is 5.02 Å². The van der Waals surface area contributed by atoms with E-state index in [-0.39, 0.29) is 18.4 Å². The van der Waals surface area contributed by atoms with Gasteiger partial charge in [0.15, 0.2) is 18.1 Å². The van der Waals surface area contributed by atoms with Crippen LogP contribution < -0.4 is 14.4 Å². The summed E-state index contributed by atoms with van der Waals surface area (Å²) in [6.45, 7) is 6.42. The summed E-state index contributed by atoms with van der Waals surface area (Å²) >= 11 is 5.93. The third-order valence-electron chi connectivity index (χ3n) is 6.15. The summed E-state index contributed by atoms with van der Waals surface area (Å²) in [5.41, 5.74) is 0.538. The lowest BCUT2D eigenvalue weighted by atomic mass is 10.1. The Bertz CT molecular complexity index is 987. The summed E-state index contributed by atoms with van der Waals surface area (Å²) in [7, 11) is 0. The van der Waals surface area contributed by atoms with Gasteiger partial charge in [0.05, 0.1) is 11.6 Å². The summed E-state index contributed by atoms with van der Waals surface area (Å²) < 4.78 is 11.5. The molecule has 0 atom stereocenters. The Hall–Kier alpha value is -3.00. The lowest BCUT2D eigenvalue weighted by Gasteiger charge is -2.35. The topological polar surface area (TPSA) is 75.2 Å². The summed E-state index contributed by atoms with van der Waals surface area (Å²) in [6.07, 6.45) is 4.88. The molecule has 2 aliphatic rings. The fourth-order valence-electron chi connectivity index (χ4n) is 4.28. The van der Waals surface area contributed by atoms with Crippen LogP contribution >= 0.6 is 11.6 Å². The molecule has 182 valence electrons. The van der Waals surface area contributed by atoms with E-state index >= 15 is 0 Å². The van der Waals surface area contributed by atoms with Crippen molar-refractivity contribution in [3.05, 3.63) is 47.1 Å². The standard InChI is InChI=1S/C25H31ClN4O4/c1-2-33-22-16-19(6-8-21(22)34-18-24(31)29-10-4-3-5-11-29)25(32)30-14-12-28(13-15-30)23-9-7-20(26)17-27-23/h6-9,16-17H,2-5,10-15,18H2,1H3. The van der Waals surface area contributed by atoms with Crippen LogP contribution in [0.3, 0.4) is 0 Å². The first kappa shape index (κ1) is 24.1. The van der Waals surface area contributed by atoms with Crippen LogP contribution in [0.5, 0.6) is 11.5 Å². The van der Waals surface area contributed by atoms with Crippen LogP contribution in [0.25, 0.3) is 0 Å². The number of hydrogen-bond acceptors (Lipinski definition) is 6. The van der Waals surface area contributed by atoms with Crippen LogP contribution in [0, 0.1) is 0 Å². The minimum atomic E-state index is -0.0550. The number of amides is 2. The molecule has 0 unspecified atom stereocenters. The van der Waals surface area contributed by atoms with E-state index in [1.54, 1.807) is 24.4 Å². The maximum absolute atomic E-state index is 13.1. The number of likely N-dealkylation sites (tertiary alicyclic amines) is 1. The second-order valence-electron chi connectivity index (χ2n) is 8.44. The third kappa shape index (κ3) is 5.91. The first-order chi connectivity index (χ1) is 16.5. The second-order valence-corrected chi connectivity index (χ2v) is 8.87. The van der Waals surface area contributed by atoms with Crippen molar-refractivity contribution in [2.45, 2.75) is 26.2 Å². The number of halogens is 1. The van der Waals surface area contributed by atoms with Crippen molar-refractivity contribution < 1.29 is 19.1 Å². The van der Waals surface area contributed by atoms with Gasteiger partial charge in [0.25, 0.3) is 11.8 Å². The second kappa shape index (κ2) is 11.4. The molecule has 2 saturated heterocycles. The number of pyridine rings is 1. The molecule has 2 amide bonds. The number of piperazine rings is 1. The van der Waals surface area contributed by atoms with E-state index in [2.05, 4.69) is 9.88 Å². The third-order valence-corrected chi connectivity index (χ3v) is 6.38. The molecule has 9 heteroatoms. The van der Waals surface area contributed by atoms with E-state index in [1.165, 1.54) is 6.42 Å². The highest BCUT2D eigenvalue weighted by Gasteiger charge is 2.24. The van der Waals surface area contributed by atoms with Crippen LogP contribution in [-0.2, 0) is 4.79 Å². The van der Waals surface area contributed by atoms with E-state index in [4.69, 9.17) is 21.1 Å².